The van der Waals surface area contributed by atoms with E-state index >= 15 is 0 Å². The highest BCUT2D eigenvalue weighted by atomic mass is 19.4. The highest BCUT2D eigenvalue weighted by Crippen LogP contribution is 2.32. The van der Waals surface area contributed by atoms with Gasteiger partial charge in [-0.3, -0.25) is 4.79 Å². The lowest BCUT2D eigenvalue weighted by Crippen LogP contribution is -2.13. The van der Waals surface area contributed by atoms with Gasteiger partial charge in [0.25, 0.3) is 5.91 Å². The van der Waals surface area contributed by atoms with Crippen LogP contribution >= 0.6 is 0 Å². The average molecular weight is 409 g/mol. The van der Waals surface area contributed by atoms with Crippen molar-refractivity contribution in [2.24, 2.45) is 0 Å². The van der Waals surface area contributed by atoms with Crippen molar-refractivity contribution in [3.05, 3.63) is 83.9 Å². The number of rotatable bonds is 3. The number of hydrogen-bond donors (Lipinski definition) is 2. The number of carbonyl (C=O) groups is 1. The molecule has 0 spiro atoms. The number of aromatic nitrogens is 2. The molecule has 0 fully saturated rings. The van der Waals surface area contributed by atoms with Gasteiger partial charge >= 0.3 is 6.18 Å². The zero-order chi connectivity index (χ0) is 21.3. The molecule has 0 aliphatic rings. The van der Waals surface area contributed by atoms with Gasteiger partial charge in [-0.05, 0) is 36.4 Å². The van der Waals surface area contributed by atoms with Crippen molar-refractivity contribution in [3.63, 3.8) is 0 Å². The summed E-state index contributed by atoms with van der Waals surface area (Å²) in [7, 11) is 0. The fourth-order valence-corrected chi connectivity index (χ4v) is 3.07. The molecule has 1 aromatic heterocycles. The van der Waals surface area contributed by atoms with Crippen LogP contribution in [0, 0.1) is 0 Å². The molecule has 0 saturated heterocycles. The number of hydrogen-bond acceptors (Lipinski definition) is 4. The van der Waals surface area contributed by atoms with Crippen LogP contribution in [0.25, 0.3) is 22.0 Å². The van der Waals surface area contributed by atoms with Gasteiger partial charge in [-0.15, -0.1) is 10.2 Å². The Bertz CT molecular complexity index is 1240. The summed E-state index contributed by atoms with van der Waals surface area (Å²) in [5.41, 5.74) is 0.575. The summed E-state index contributed by atoms with van der Waals surface area (Å²) < 4.78 is 38.7. The summed E-state index contributed by atoms with van der Waals surface area (Å²) in [5.74, 6) is -0.874. The minimum atomic E-state index is -4.51. The third-order valence-electron chi connectivity index (χ3n) is 4.52. The van der Waals surface area contributed by atoms with Crippen LogP contribution in [-0.2, 0) is 6.18 Å². The Morgan fingerprint density at radius 2 is 1.63 bits per heavy atom. The Morgan fingerprint density at radius 3 is 2.37 bits per heavy atom. The number of nitrogens with one attached hydrogen (secondary N) is 1. The quantitative estimate of drug-likeness (QED) is 0.483. The van der Waals surface area contributed by atoms with Crippen molar-refractivity contribution in [2.75, 3.05) is 5.32 Å². The van der Waals surface area contributed by atoms with E-state index in [1.807, 2.05) is 30.3 Å². The first-order valence-electron chi connectivity index (χ1n) is 8.86. The zero-order valence-electron chi connectivity index (χ0n) is 15.3. The van der Waals surface area contributed by atoms with Crippen molar-refractivity contribution >= 4 is 22.4 Å². The van der Waals surface area contributed by atoms with Crippen molar-refractivity contribution in [1.82, 2.24) is 10.2 Å². The van der Waals surface area contributed by atoms with Gasteiger partial charge in [-0.1, -0.05) is 36.4 Å². The second-order valence-corrected chi connectivity index (χ2v) is 6.53. The minimum Gasteiger partial charge on any atom is -0.492 e. The molecule has 2 N–H and O–H groups in total. The maximum atomic E-state index is 12.9. The molecule has 150 valence electrons. The van der Waals surface area contributed by atoms with E-state index in [0.717, 1.165) is 17.7 Å². The number of halogens is 3. The van der Waals surface area contributed by atoms with E-state index in [2.05, 4.69) is 15.5 Å². The molecule has 0 aliphatic heterocycles. The lowest BCUT2D eigenvalue weighted by molar-refractivity contribution is -0.137. The fraction of sp³-hybridized carbons (Fsp3) is 0.0455. The van der Waals surface area contributed by atoms with E-state index in [1.54, 1.807) is 0 Å². The molecular weight excluding hydrogens is 395 g/mol. The molecule has 0 unspecified atom stereocenters. The van der Waals surface area contributed by atoms with Gasteiger partial charge in [0.1, 0.15) is 5.69 Å². The lowest BCUT2D eigenvalue weighted by atomic mass is 10.0. The average Bonchev–Trinajstić information content (AvgIpc) is 2.74. The summed E-state index contributed by atoms with van der Waals surface area (Å²) in [4.78, 5) is 12.7. The number of amides is 1. The van der Waals surface area contributed by atoms with E-state index in [0.29, 0.717) is 16.5 Å². The molecule has 5 nitrogen and oxygen atoms in total. The molecule has 3 aromatic carbocycles. The maximum Gasteiger partial charge on any atom is 0.416 e. The third kappa shape index (κ3) is 3.80. The van der Waals surface area contributed by atoms with Crippen molar-refractivity contribution in [1.29, 1.82) is 0 Å². The highest BCUT2D eigenvalue weighted by Gasteiger charge is 2.30. The van der Waals surface area contributed by atoms with Crippen LogP contribution in [0.5, 0.6) is 5.88 Å². The van der Waals surface area contributed by atoms with Gasteiger partial charge in [0.15, 0.2) is 0 Å². The molecular formula is C22H14F3N3O2. The first-order valence-corrected chi connectivity index (χ1v) is 8.86. The fourth-order valence-electron chi connectivity index (χ4n) is 3.07. The van der Waals surface area contributed by atoms with Crippen LogP contribution in [-0.4, -0.2) is 21.2 Å². The maximum absolute atomic E-state index is 12.9. The van der Waals surface area contributed by atoms with Crippen LogP contribution < -0.4 is 5.32 Å². The molecule has 1 amide bonds. The Kier molecular flexibility index (Phi) is 4.83. The summed E-state index contributed by atoms with van der Waals surface area (Å²) in [5, 5.41) is 21.2. The van der Waals surface area contributed by atoms with E-state index in [9.17, 15) is 23.1 Å². The van der Waals surface area contributed by atoms with E-state index < -0.39 is 17.6 Å². The standard InChI is InChI=1S/C22H14F3N3O2/c23-22(24,25)15-7-4-8-16(12-15)26-20(29)14-9-10-17-18(11-14)19(27-28-21(17)30)13-5-2-1-3-6-13/h1-12H,(H,26,29)(H,28,30). The Balaban J connectivity index is 1.72. The van der Waals surface area contributed by atoms with Crippen LogP contribution in [0.15, 0.2) is 72.8 Å². The Morgan fingerprint density at radius 1 is 0.867 bits per heavy atom. The molecule has 0 bridgehead atoms. The molecule has 4 rings (SSSR count). The molecule has 4 aromatic rings. The van der Waals surface area contributed by atoms with Crippen LogP contribution in [0.1, 0.15) is 15.9 Å². The smallest absolute Gasteiger partial charge is 0.416 e. The number of nitrogens with zero attached hydrogens (tertiary/aromatic N) is 2. The number of carbonyl (C=O) groups excluding carboxylic acids is 1. The van der Waals surface area contributed by atoms with Gasteiger partial charge in [0, 0.05) is 27.6 Å². The largest absolute Gasteiger partial charge is 0.492 e. The summed E-state index contributed by atoms with van der Waals surface area (Å²) in [6, 6.07) is 18.0. The highest BCUT2D eigenvalue weighted by molar-refractivity contribution is 6.08. The predicted octanol–water partition coefficient (Wildman–Crippen LogP) is 5.27. The molecule has 0 radical (unpaired) electrons. The van der Waals surface area contributed by atoms with E-state index in [4.69, 9.17) is 0 Å². The molecule has 8 heteroatoms. The monoisotopic (exact) mass is 409 g/mol. The molecule has 30 heavy (non-hydrogen) atoms. The number of aromatic hydroxyl groups is 1. The lowest BCUT2D eigenvalue weighted by Gasteiger charge is -2.11. The van der Waals surface area contributed by atoms with Crippen molar-refractivity contribution < 1.29 is 23.1 Å². The Labute approximate surface area is 168 Å². The van der Waals surface area contributed by atoms with Crippen LogP contribution in [0.2, 0.25) is 0 Å². The summed E-state index contributed by atoms with van der Waals surface area (Å²) in [6.45, 7) is 0. The first-order chi connectivity index (χ1) is 14.3. The third-order valence-corrected chi connectivity index (χ3v) is 4.52. The Hall–Kier alpha value is -3.94. The topological polar surface area (TPSA) is 75.1 Å². The first kappa shape index (κ1) is 19.4. The number of anilines is 1. The van der Waals surface area contributed by atoms with Gasteiger partial charge in [-0.2, -0.15) is 13.2 Å². The van der Waals surface area contributed by atoms with Crippen molar-refractivity contribution in [2.45, 2.75) is 6.18 Å². The molecule has 1 heterocycles. The zero-order valence-corrected chi connectivity index (χ0v) is 15.3. The SMILES string of the molecule is O=C(Nc1cccc(C(F)(F)F)c1)c1ccc2c(O)nnc(-c3ccccc3)c2c1. The van der Waals surface area contributed by atoms with E-state index in [-0.39, 0.29) is 17.1 Å². The minimum absolute atomic E-state index is 0.0221. The second-order valence-electron chi connectivity index (χ2n) is 6.53. The van der Waals surface area contributed by atoms with Gasteiger partial charge in [0.05, 0.1) is 5.56 Å². The van der Waals surface area contributed by atoms with Crippen LogP contribution in [0.4, 0.5) is 18.9 Å². The molecule has 0 aliphatic carbocycles. The number of fused-ring (bicyclic) bond motifs is 1. The van der Waals surface area contributed by atoms with Gasteiger partial charge < -0.3 is 10.4 Å². The van der Waals surface area contributed by atoms with Gasteiger partial charge in [0.2, 0.25) is 5.88 Å². The predicted molar refractivity (Wildman–Crippen MR) is 106 cm³/mol. The number of benzene rings is 3. The van der Waals surface area contributed by atoms with E-state index in [1.165, 1.54) is 30.3 Å². The molecule has 0 atom stereocenters. The normalized spacial score (nSPS) is 11.4. The second kappa shape index (κ2) is 7.47. The van der Waals surface area contributed by atoms with Crippen molar-refractivity contribution in [3.8, 4) is 17.1 Å². The number of alkyl halides is 3. The van der Waals surface area contributed by atoms with Crippen LogP contribution in [0.3, 0.4) is 0 Å². The summed E-state index contributed by atoms with van der Waals surface area (Å²) in [6.07, 6.45) is -4.51. The summed E-state index contributed by atoms with van der Waals surface area (Å²) >= 11 is 0. The molecule has 0 saturated carbocycles. The van der Waals surface area contributed by atoms with Gasteiger partial charge in [-0.25, -0.2) is 0 Å².